The lowest BCUT2D eigenvalue weighted by atomic mass is 10.1. The maximum Gasteiger partial charge on any atom is 0.244 e. The zero-order chi connectivity index (χ0) is 15.2. The van der Waals surface area contributed by atoms with Crippen molar-refractivity contribution in [2.75, 3.05) is 0 Å². The van der Waals surface area contributed by atoms with Crippen LogP contribution in [0.1, 0.15) is 16.7 Å². The molecule has 0 aliphatic rings. The number of aryl methyl sites for hydroxylation is 1. The molecule has 21 heavy (non-hydrogen) atoms. The fourth-order valence-electron chi connectivity index (χ4n) is 1.73. The van der Waals surface area contributed by atoms with Crippen LogP contribution in [-0.2, 0) is 11.2 Å². The van der Waals surface area contributed by atoms with Gasteiger partial charge in [-0.1, -0.05) is 29.8 Å². The van der Waals surface area contributed by atoms with Crippen molar-refractivity contribution < 1.29 is 15.0 Å². The third kappa shape index (κ3) is 4.35. The number of nitrogens with one attached hydrogen (secondary N) is 1. The van der Waals surface area contributed by atoms with Crippen molar-refractivity contribution in [1.82, 2.24) is 5.43 Å². The van der Waals surface area contributed by atoms with Gasteiger partial charge in [0.05, 0.1) is 12.6 Å². The number of aromatic hydroxyl groups is 2. The van der Waals surface area contributed by atoms with Crippen LogP contribution in [0.2, 0.25) is 0 Å². The standard InChI is InChI=1S/C16H16N2O3/c1-11-2-4-12(5-3-11)9-16(21)18-17-10-13-6-7-14(19)15(20)8-13/h2-8,10,19-20H,9H2,1H3,(H,18,21)/b17-10+. The molecule has 0 spiro atoms. The number of hydrogen-bond donors (Lipinski definition) is 3. The predicted octanol–water partition coefficient (Wildman–Crippen LogP) is 2.10. The van der Waals surface area contributed by atoms with Crippen LogP contribution in [0.25, 0.3) is 0 Å². The molecule has 2 aromatic carbocycles. The maximum atomic E-state index is 11.7. The minimum absolute atomic E-state index is 0.199. The van der Waals surface area contributed by atoms with Gasteiger partial charge in [-0.25, -0.2) is 5.43 Å². The van der Waals surface area contributed by atoms with Gasteiger partial charge in [-0.2, -0.15) is 5.10 Å². The van der Waals surface area contributed by atoms with Crippen LogP contribution in [0.3, 0.4) is 0 Å². The summed E-state index contributed by atoms with van der Waals surface area (Å²) in [7, 11) is 0. The van der Waals surface area contributed by atoms with Crippen LogP contribution in [0.5, 0.6) is 11.5 Å². The molecule has 108 valence electrons. The van der Waals surface area contributed by atoms with Gasteiger partial charge in [-0.05, 0) is 36.2 Å². The molecule has 0 saturated carbocycles. The highest BCUT2D eigenvalue weighted by molar-refractivity contribution is 5.83. The summed E-state index contributed by atoms with van der Waals surface area (Å²) < 4.78 is 0. The van der Waals surface area contributed by atoms with E-state index in [0.717, 1.165) is 11.1 Å². The smallest absolute Gasteiger partial charge is 0.244 e. The lowest BCUT2D eigenvalue weighted by Crippen LogP contribution is -2.19. The van der Waals surface area contributed by atoms with Crippen molar-refractivity contribution in [2.45, 2.75) is 13.3 Å². The lowest BCUT2D eigenvalue weighted by molar-refractivity contribution is -0.120. The van der Waals surface area contributed by atoms with Gasteiger partial charge >= 0.3 is 0 Å². The van der Waals surface area contributed by atoms with Crippen LogP contribution in [0, 0.1) is 6.92 Å². The van der Waals surface area contributed by atoms with Gasteiger partial charge in [-0.3, -0.25) is 4.79 Å². The third-order valence-corrected chi connectivity index (χ3v) is 2.89. The highest BCUT2D eigenvalue weighted by Crippen LogP contribution is 2.23. The number of rotatable bonds is 4. The molecule has 5 heteroatoms. The molecule has 5 nitrogen and oxygen atoms in total. The quantitative estimate of drug-likeness (QED) is 0.457. The van der Waals surface area contributed by atoms with Crippen LogP contribution in [0.15, 0.2) is 47.6 Å². The number of phenolic OH excluding ortho intramolecular Hbond substituents is 2. The number of amides is 1. The van der Waals surface area contributed by atoms with Crippen LogP contribution in [0.4, 0.5) is 0 Å². The third-order valence-electron chi connectivity index (χ3n) is 2.89. The number of hydrazone groups is 1. The minimum atomic E-state index is -0.232. The van der Waals surface area contributed by atoms with Crippen molar-refractivity contribution in [3.05, 3.63) is 59.2 Å². The van der Waals surface area contributed by atoms with Crippen LogP contribution >= 0.6 is 0 Å². The van der Waals surface area contributed by atoms with Gasteiger partial charge in [-0.15, -0.1) is 0 Å². The first kappa shape index (κ1) is 14.6. The molecular formula is C16H16N2O3. The maximum absolute atomic E-state index is 11.7. The number of carbonyl (C=O) groups is 1. The highest BCUT2D eigenvalue weighted by atomic mass is 16.3. The normalized spacial score (nSPS) is 10.7. The first-order valence-electron chi connectivity index (χ1n) is 6.44. The first-order chi connectivity index (χ1) is 10.0. The Bertz CT molecular complexity index is 664. The van der Waals surface area contributed by atoms with E-state index in [1.165, 1.54) is 18.3 Å². The Morgan fingerprint density at radius 2 is 1.86 bits per heavy atom. The molecule has 1 amide bonds. The van der Waals surface area contributed by atoms with Gasteiger partial charge < -0.3 is 10.2 Å². The molecule has 0 aromatic heterocycles. The van der Waals surface area contributed by atoms with Gasteiger partial charge in [0, 0.05) is 0 Å². The SMILES string of the molecule is Cc1ccc(CC(=O)N/N=C/c2ccc(O)c(O)c2)cc1. The van der Waals surface area contributed by atoms with Crippen molar-refractivity contribution >= 4 is 12.1 Å². The molecule has 0 aliphatic heterocycles. The Hall–Kier alpha value is -2.82. The van der Waals surface area contributed by atoms with E-state index < -0.39 is 0 Å². The predicted molar refractivity (Wildman–Crippen MR) is 80.4 cm³/mol. The molecule has 0 unspecified atom stereocenters. The summed E-state index contributed by atoms with van der Waals surface area (Å²) in [5, 5.41) is 22.3. The molecule has 0 radical (unpaired) electrons. The van der Waals surface area contributed by atoms with Gasteiger partial charge in [0.2, 0.25) is 5.91 Å². The number of benzene rings is 2. The highest BCUT2D eigenvalue weighted by Gasteiger charge is 2.02. The Morgan fingerprint density at radius 1 is 1.14 bits per heavy atom. The van der Waals surface area contributed by atoms with E-state index >= 15 is 0 Å². The zero-order valence-electron chi connectivity index (χ0n) is 11.6. The summed E-state index contributed by atoms with van der Waals surface area (Å²) in [5.74, 6) is -0.654. The summed E-state index contributed by atoms with van der Waals surface area (Å²) in [6.07, 6.45) is 1.64. The Balaban J connectivity index is 1.89. The van der Waals surface area contributed by atoms with Crippen molar-refractivity contribution in [3.63, 3.8) is 0 Å². The van der Waals surface area contributed by atoms with Crippen molar-refractivity contribution in [2.24, 2.45) is 5.10 Å². The van der Waals surface area contributed by atoms with Gasteiger partial charge in [0.15, 0.2) is 11.5 Å². The topological polar surface area (TPSA) is 81.9 Å². The Morgan fingerprint density at radius 3 is 2.52 bits per heavy atom. The number of phenols is 2. The fourth-order valence-corrected chi connectivity index (χ4v) is 1.73. The van der Waals surface area contributed by atoms with E-state index in [1.54, 1.807) is 6.07 Å². The monoisotopic (exact) mass is 284 g/mol. The summed E-state index contributed by atoms with van der Waals surface area (Å²) >= 11 is 0. The van der Waals surface area contributed by atoms with E-state index in [0.29, 0.717) is 5.56 Å². The van der Waals surface area contributed by atoms with Crippen molar-refractivity contribution in [3.8, 4) is 11.5 Å². The number of hydrogen-bond acceptors (Lipinski definition) is 4. The summed E-state index contributed by atoms with van der Waals surface area (Å²) in [6, 6.07) is 12.0. The fraction of sp³-hybridized carbons (Fsp3) is 0.125. The summed E-state index contributed by atoms with van der Waals surface area (Å²) in [6.45, 7) is 1.99. The molecule has 0 bridgehead atoms. The van der Waals surface area contributed by atoms with E-state index in [-0.39, 0.29) is 23.8 Å². The van der Waals surface area contributed by atoms with E-state index in [4.69, 9.17) is 0 Å². The molecule has 0 saturated heterocycles. The average Bonchev–Trinajstić information content (AvgIpc) is 2.45. The molecule has 0 fully saturated rings. The molecule has 0 aliphatic carbocycles. The summed E-state index contributed by atoms with van der Waals surface area (Å²) in [5.41, 5.74) is 5.04. The van der Waals surface area contributed by atoms with E-state index in [9.17, 15) is 15.0 Å². The Kier molecular flexibility index (Phi) is 4.56. The number of carbonyl (C=O) groups excluding carboxylic acids is 1. The van der Waals surface area contributed by atoms with E-state index in [2.05, 4.69) is 10.5 Å². The Labute approximate surface area is 122 Å². The van der Waals surface area contributed by atoms with Crippen LogP contribution < -0.4 is 5.43 Å². The van der Waals surface area contributed by atoms with Crippen molar-refractivity contribution in [1.29, 1.82) is 0 Å². The molecule has 2 rings (SSSR count). The van der Waals surface area contributed by atoms with Gasteiger partial charge in [0.25, 0.3) is 0 Å². The second-order valence-electron chi connectivity index (χ2n) is 4.70. The summed E-state index contributed by atoms with van der Waals surface area (Å²) in [4.78, 5) is 11.7. The second kappa shape index (κ2) is 6.56. The van der Waals surface area contributed by atoms with Gasteiger partial charge in [0.1, 0.15) is 0 Å². The molecule has 0 heterocycles. The largest absolute Gasteiger partial charge is 0.504 e. The zero-order valence-corrected chi connectivity index (χ0v) is 11.6. The second-order valence-corrected chi connectivity index (χ2v) is 4.70. The molecule has 3 N–H and O–H groups in total. The average molecular weight is 284 g/mol. The lowest BCUT2D eigenvalue weighted by Gasteiger charge is -2.01. The van der Waals surface area contributed by atoms with Crippen LogP contribution in [-0.4, -0.2) is 22.3 Å². The minimum Gasteiger partial charge on any atom is -0.504 e. The number of nitrogens with zero attached hydrogens (tertiary/aromatic N) is 1. The molecular weight excluding hydrogens is 268 g/mol. The first-order valence-corrected chi connectivity index (χ1v) is 6.44. The molecule has 2 aromatic rings. The molecule has 0 atom stereocenters. The van der Waals surface area contributed by atoms with E-state index in [1.807, 2.05) is 31.2 Å².